The molecule has 4 amide bonds. The number of carbonyl (C=O) groups is 4. The van der Waals surface area contributed by atoms with E-state index in [2.05, 4.69) is 5.32 Å². The quantitative estimate of drug-likeness (QED) is 0.552. The van der Waals surface area contributed by atoms with Crippen molar-refractivity contribution >= 4 is 40.9 Å². The SMILES string of the molecule is C[C@@H]1CCC[C@@H](C)N1C(=O)c1cc(Cl)ccc1NC(=O)CN1C(=O)[C@H]2CC=CC[C@H]2C1=O. The zero-order valence-corrected chi connectivity index (χ0v) is 19.1. The summed E-state index contributed by atoms with van der Waals surface area (Å²) in [6.45, 7) is 3.68. The van der Waals surface area contributed by atoms with Crippen molar-refractivity contribution in [3.8, 4) is 0 Å². The number of allylic oxidation sites excluding steroid dienone is 2. The van der Waals surface area contributed by atoms with Crippen LogP contribution in [0.5, 0.6) is 0 Å². The van der Waals surface area contributed by atoms with Crippen LogP contribution in [0.15, 0.2) is 30.4 Å². The number of rotatable bonds is 4. The molecule has 1 aliphatic carbocycles. The monoisotopic (exact) mass is 457 g/mol. The van der Waals surface area contributed by atoms with E-state index in [-0.39, 0.29) is 48.2 Å². The Morgan fingerprint density at radius 3 is 2.22 bits per heavy atom. The predicted molar refractivity (Wildman–Crippen MR) is 121 cm³/mol. The number of amides is 4. The van der Waals surface area contributed by atoms with Gasteiger partial charge < -0.3 is 10.2 Å². The van der Waals surface area contributed by atoms with E-state index < -0.39 is 5.91 Å². The number of nitrogens with zero attached hydrogens (tertiary/aromatic N) is 2. The topological polar surface area (TPSA) is 86.8 Å². The largest absolute Gasteiger partial charge is 0.333 e. The molecule has 1 N–H and O–H groups in total. The van der Waals surface area contributed by atoms with E-state index in [0.717, 1.165) is 24.2 Å². The van der Waals surface area contributed by atoms with Gasteiger partial charge in [0.1, 0.15) is 6.54 Å². The van der Waals surface area contributed by atoms with Crippen LogP contribution in [-0.2, 0) is 14.4 Å². The molecule has 32 heavy (non-hydrogen) atoms. The molecule has 0 bridgehead atoms. The molecule has 4 rings (SSSR count). The van der Waals surface area contributed by atoms with Crippen molar-refractivity contribution < 1.29 is 19.2 Å². The fraction of sp³-hybridized carbons (Fsp3) is 0.500. The van der Waals surface area contributed by atoms with E-state index in [9.17, 15) is 19.2 Å². The lowest BCUT2D eigenvalue weighted by Gasteiger charge is -2.39. The third-order valence-electron chi connectivity index (χ3n) is 6.81. The van der Waals surface area contributed by atoms with E-state index in [1.165, 1.54) is 0 Å². The minimum atomic E-state index is -0.519. The number of piperidine rings is 1. The average Bonchev–Trinajstić information content (AvgIpc) is 3.00. The minimum absolute atomic E-state index is 0.0885. The summed E-state index contributed by atoms with van der Waals surface area (Å²) in [5.74, 6) is -2.07. The zero-order chi connectivity index (χ0) is 23.0. The van der Waals surface area contributed by atoms with Crippen LogP contribution in [-0.4, -0.2) is 52.1 Å². The molecule has 170 valence electrons. The maximum absolute atomic E-state index is 13.4. The van der Waals surface area contributed by atoms with Crippen molar-refractivity contribution in [2.75, 3.05) is 11.9 Å². The Morgan fingerprint density at radius 1 is 1.03 bits per heavy atom. The van der Waals surface area contributed by atoms with E-state index in [0.29, 0.717) is 29.1 Å². The first kappa shape index (κ1) is 22.5. The van der Waals surface area contributed by atoms with Crippen molar-refractivity contribution in [3.63, 3.8) is 0 Å². The molecule has 0 saturated carbocycles. The van der Waals surface area contributed by atoms with Gasteiger partial charge in [0.05, 0.1) is 23.1 Å². The summed E-state index contributed by atoms with van der Waals surface area (Å²) in [7, 11) is 0. The Morgan fingerprint density at radius 2 is 1.62 bits per heavy atom. The number of anilines is 1. The Balaban J connectivity index is 1.51. The minimum Gasteiger partial charge on any atom is -0.333 e. The fourth-order valence-electron chi connectivity index (χ4n) is 5.12. The predicted octanol–water partition coefficient (Wildman–Crippen LogP) is 3.63. The number of likely N-dealkylation sites (tertiary alicyclic amines) is 2. The number of nitrogens with one attached hydrogen (secondary N) is 1. The van der Waals surface area contributed by atoms with Crippen LogP contribution in [0, 0.1) is 11.8 Å². The number of imide groups is 1. The van der Waals surface area contributed by atoms with Gasteiger partial charge in [-0.3, -0.25) is 24.1 Å². The zero-order valence-electron chi connectivity index (χ0n) is 18.3. The molecular weight excluding hydrogens is 430 g/mol. The van der Waals surface area contributed by atoms with Crippen molar-refractivity contribution in [2.45, 2.75) is 58.0 Å². The van der Waals surface area contributed by atoms with Gasteiger partial charge in [-0.1, -0.05) is 23.8 Å². The smallest absolute Gasteiger partial charge is 0.256 e. The molecule has 2 saturated heterocycles. The van der Waals surface area contributed by atoms with Gasteiger partial charge in [0.25, 0.3) is 5.91 Å². The number of hydrogen-bond donors (Lipinski definition) is 1. The first-order valence-electron chi connectivity index (χ1n) is 11.2. The van der Waals surface area contributed by atoms with Crippen LogP contribution in [0.2, 0.25) is 5.02 Å². The highest BCUT2D eigenvalue weighted by Gasteiger charge is 2.47. The molecule has 8 heteroatoms. The molecule has 1 aromatic carbocycles. The molecule has 2 aliphatic heterocycles. The van der Waals surface area contributed by atoms with Crippen LogP contribution < -0.4 is 5.32 Å². The van der Waals surface area contributed by atoms with Crippen LogP contribution >= 0.6 is 11.6 Å². The van der Waals surface area contributed by atoms with Crippen LogP contribution in [0.4, 0.5) is 5.69 Å². The molecule has 3 aliphatic rings. The molecule has 2 fully saturated rings. The van der Waals surface area contributed by atoms with Crippen molar-refractivity contribution in [1.82, 2.24) is 9.80 Å². The number of hydrogen-bond acceptors (Lipinski definition) is 4. The Labute approximate surface area is 192 Å². The molecular formula is C24H28ClN3O4. The van der Waals surface area contributed by atoms with E-state index in [4.69, 9.17) is 11.6 Å². The number of benzene rings is 1. The second-order valence-electron chi connectivity index (χ2n) is 9.00. The highest BCUT2D eigenvalue weighted by atomic mass is 35.5. The third kappa shape index (κ3) is 4.18. The van der Waals surface area contributed by atoms with Gasteiger partial charge in [0, 0.05) is 17.1 Å². The van der Waals surface area contributed by atoms with Gasteiger partial charge in [0.15, 0.2) is 0 Å². The lowest BCUT2D eigenvalue weighted by atomic mass is 9.85. The van der Waals surface area contributed by atoms with Gasteiger partial charge in [-0.25, -0.2) is 0 Å². The van der Waals surface area contributed by atoms with E-state index in [1.54, 1.807) is 18.2 Å². The Bertz CT molecular complexity index is 955. The fourth-order valence-corrected chi connectivity index (χ4v) is 5.29. The summed E-state index contributed by atoms with van der Waals surface area (Å²) in [6, 6.07) is 4.92. The average molecular weight is 458 g/mol. The maximum atomic E-state index is 13.4. The first-order chi connectivity index (χ1) is 15.3. The maximum Gasteiger partial charge on any atom is 0.256 e. The summed E-state index contributed by atoms with van der Waals surface area (Å²) in [5, 5.41) is 3.12. The molecule has 0 aromatic heterocycles. The summed E-state index contributed by atoms with van der Waals surface area (Å²) >= 11 is 6.17. The van der Waals surface area contributed by atoms with Crippen LogP contribution in [0.3, 0.4) is 0 Å². The molecule has 0 radical (unpaired) electrons. The Hall–Kier alpha value is -2.67. The second-order valence-corrected chi connectivity index (χ2v) is 9.43. The summed E-state index contributed by atoms with van der Waals surface area (Å²) < 4.78 is 0. The van der Waals surface area contributed by atoms with E-state index in [1.807, 2.05) is 30.9 Å². The Kier molecular flexibility index (Phi) is 6.38. The third-order valence-corrected chi connectivity index (χ3v) is 7.05. The molecule has 0 spiro atoms. The van der Waals surface area contributed by atoms with Gasteiger partial charge in [-0.15, -0.1) is 0 Å². The molecule has 4 atom stereocenters. The van der Waals surface area contributed by atoms with Crippen molar-refractivity contribution in [1.29, 1.82) is 0 Å². The standard InChI is InChI=1S/C24H28ClN3O4/c1-14-6-5-7-15(2)28(14)24(32)19-12-16(25)10-11-20(19)26-21(29)13-27-22(30)17-8-3-4-9-18(17)23(27)31/h3-4,10-12,14-15,17-18H,5-9,13H2,1-2H3,(H,26,29)/t14-,15-,17-,18+/m1/s1. The number of halogens is 1. The first-order valence-corrected chi connectivity index (χ1v) is 11.6. The summed E-state index contributed by atoms with van der Waals surface area (Å²) in [6.07, 6.45) is 7.78. The van der Waals surface area contributed by atoms with Crippen LogP contribution in [0.25, 0.3) is 0 Å². The van der Waals surface area contributed by atoms with Crippen molar-refractivity contribution in [2.24, 2.45) is 11.8 Å². The lowest BCUT2D eigenvalue weighted by molar-refractivity contribution is -0.142. The number of carbonyl (C=O) groups excluding carboxylic acids is 4. The lowest BCUT2D eigenvalue weighted by Crippen LogP contribution is -2.47. The normalized spacial score (nSPS) is 27.5. The summed E-state index contributed by atoms with van der Waals surface area (Å²) in [5.41, 5.74) is 0.635. The van der Waals surface area contributed by atoms with Gasteiger partial charge in [0.2, 0.25) is 17.7 Å². The second kappa shape index (κ2) is 9.06. The molecule has 0 unspecified atom stereocenters. The summed E-state index contributed by atoms with van der Waals surface area (Å²) in [4.78, 5) is 54.4. The van der Waals surface area contributed by atoms with Gasteiger partial charge >= 0.3 is 0 Å². The van der Waals surface area contributed by atoms with Crippen LogP contribution in [0.1, 0.15) is 56.3 Å². The molecule has 7 nitrogen and oxygen atoms in total. The number of fused-ring (bicyclic) bond motifs is 1. The van der Waals surface area contributed by atoms with Crippen molar-refractivity contribution in [3.05, 3.63) is 40.9 Å². The van der Waals surface area contributed by atoms with E-state index >= 15 is 0 Å². The van der Waals surface area contributed by atoms with Gasteiger partial charge in [-0.05, 0) is 64.2 Å². The van der Waals surface area contributed by atoms with Gasteiger partial charge in [-0.2, -0.15) is 0 Å². The molecule has 1 aromatic rings. The highest BCUT2D eigenvalue weighted by molar-refractivity contribution is 6.31. The molecule has 2 heterocycles. The highest BCUT2D eigenvalue weighted by Crippen LogP contribution is 2.35.